The fourth-order valence-electron chi connectivity index (χ4n) is 2.89. The van der Waals surface area contributed by atoms with Gasteiger partial charge in [-0.3, -0.25) is 0 Å². The summed E-state index contributed by atoms with van der Waals surface area (Å²) in [6, 6.07) is 18.2. The second kappa shape index (κ2) is 12.5. The van der Waals surface area contributed by atoms with Gasteiger partial charge in [-0.15, -0.1) is 24.0 Å². The van der Waals surface area contributed by atoms with Crippen LogP contribution < -0.4 is 10.6 Å². The van der Waals surface area contributed by atoms with Crippen molar-refractivity contribution in [3.8, 4) is 0 Å². The Hall–Kier alpha value is -2.06. The van der Waals surface area contributed by atoms with Crippen molar-refractivity contribution >= 4 is 41.5 Å². The highest BCUT2D eigenvalue weighted by Gasteiger charge is 2.05. The van der Waals surface area contributed by atoms with E-state index in [-0.39, 0.29) is 24.0 Å². The summed E-state index contributed by atoms with van der Waals surface area (Å²) in [6.07, 6.45) is 4.71. The maximum absolute atomic E-state index is 5.94. The molecule has 0 aliphatic carbocycles. The Morgan fingerprint density at radius 1 is 1.03 bits per heavy atom. The van der Waals surface area contributed by atoms with Gasteiger partial charge in [0, 0.05) is 43.5 Å². The summed E-state index contributed by atoms with van der Waals surface area (Å²) in [5.41, 5.74) is 2.40. The zero-order chi connectivity index (χ0) is 19.6. The van der Waals surface area contributed by atoms with Gasteiger partial charge in [0.05, 0.1) is 6.54 Å². The number of nitrogens with one attached hydrogen (secondary N) is 2. The minimum absolute atomic E-state index is 0. The maximum atomic E-state index is 5.94. The highest BCUT2D eigenvalue weighted by atomic mass is 127. The van der Waals surface area contributed by atoms with Gasteiger partial charge in [-0.25, -0.2) is 9.98 Å². The predicted molar refractivity (Wildman–Crippen MR) is 131 cm³/mol. The van der Waals surface area contributed by atoms with Crippen molar-refractivity contribution < 1.29 is 0 Å². The highest BCUT2D eigenvalue weighted by Crippen LogP contribution is 2.10. The second-order valence-corrected chi connectivity index (χ2v) is 6.89. The van der Waals surface area contributed by atoms with Crippen molar-refractivity contribution in [2.45, 2.75) is 26.4 Å². The summed E-state index contributed by atoms with van der Waals surface area (Å²) in [6.45, 7) is 5.08. The minimum Gasteiger partial charge on any atom is -0.357 e. The summed E-state index contributed by atoms with van der Waals surface area (Å²) in [4.78, 5) is 9.15. The lowest BCUT2D eigenvalue weighted by atomic mass is 10.2. The van der Waals surface area contributed by atoms with Crippen molar-refractivity contribution in [2.75, 3.05) is 13.1 Å². The van der Waals surface area contributed by atoms with Gasteiger partial charge < -0.3 is 15.2 Å². The Balaban J connectivity index is 0.00000300. The highest BCUT2D eigenvalue weighted by molar-refractivity contribution is 14.0. The van der Waals surface area contributed by atoms with Crippen molar-refractivity contribution in [1.82, 2.24) is 20.2 Å². The largest absolute Gasteiger partial charge is 0.357 e. The van der Waals surface area contributed by atoms with Gasteiger partial charge in [0.15, 0.2) is 5.96 Å². The van der Waals surface area contributed by atoms with Crippen molar-refractivity contribution in [2.24, 2.45) is 4.99 Å². The van der Waals surface area contributed by atoms with E-state index in [1.165, 1.54) is 5.56 Å². The van der Waals surface area contributed by atoms with Gasteiger partial charge in [-0.2, -0.15) is 0 Å². The van der Waals surface area contributed by atoms with Crippen LogP contribution in [0.5, 0.6) is 0 Å². The van der Waals surface area contributed by atoms with E-state index in [2.05, 4.69) is 56.4 Å². The molecular weight excluding hydrogens is 497 g/mol. The molecule has 3 rings (SSSR count). The Morgan fingerprint density at radius 3 is 2.52 bits per heavy atom. The van der Waals surface area contributed by atoms with Gasteiger partial charge in [0.2, 0.25) is 0 Å². The van der Waals surface area contributed by atoms with E-state index in [1.807, 2.05) is 42.7 Å². The Labute approximate surface area is 194 Å². The summed E-state index contributed by atoms with van der Waals surface area (Å²) in [5.74, 6) is 1.86. The monoisotopic (exact) mass is 523 g/mol. The van der Waals surface area contributed by atoms with Gasteiger partial charge >= 0.3 is 0 Å². The molecule has 2 aromatic carbocycles. The Bertz CT molecular complexity index is 878. The lowest BCUT2D eigenvalue weighted by Crippen LogP contribution is -2.38. The smallest absolute Gasteiger partial charge is 0.191 e. The average molecular weight is 524 g/mol. The fraction of sp³-hybridized carbons (Fsp3) is 0.273. The number of rotatable bonds is 8. The molecule has 0 radical (unpaired) electrons. The molecule has 0 bridgehead atoms. The van der Waals surface area contributed by atoms with E-state index in [0.29, 0.717) is 6.54 Å². The standard InChI is InChI=1S/C22H26ClN5.HI/c1-2-24-22(27-16-18-8-10-20(23)11-9-18)26-13-12-21-25-14-15-28(21)17-19-6-4-3-5-7-19;/h3-11,14-15H,2,12-13,16-17H2,1H3,(H2,24,26,27);1H. The minimum atomic E-state index is 0. The van der Waals surface area contributed by atoms with Crippen LogP contribution in [0.25, 0.3) is 0 Å². The molecule has 0 aliphatic heterocycles. The van der Waals surface area contributed by atoms with E-state index in [0.717, 1.165) is 48.4 Å². The molecular formula is C22H27ClIN5. The van der Waals surface area contributed by atoms with Crippen LogP contribution in [-0.4, -0.2) is 28.6 Å². The van der Waals surface area contributed by atoms with Crippen molar-refractivity contribution in [3.05, 3.63) is 89.0 Å². The zero-order valence-corrected chi connectivity index (χ0v) is 19.6. The molecule has 0 fully saturated rings. The average Bonchev–Trinajstić information content (AvgIpc) is 3.15. The molecule has 0 aliphatic rings. The summed E-state index contributed by atoms with van der Waals surface area (Å²) in [7, 11) is 0. The molecule has 5 nitrogen and oxygen atoms in total. The van der Waals surface area contributed by atoms with E-state index >= 15 is 0 Å². The SMILES string of the molecule is CCNC(=NCc1ccc(Cl)cc1)NCCc1nccn1Cc1ccccc1.I. The zero-order valence-electron chi connectivity index (χ0n) is 16.5. The van der Waals surface area contributed by atoms with Crippen LogP contribution in [0.15, 0.2) is 72.0 Å². The number of aromatic nitrogens is 2. The molecule has 0 amide bonds. The lowest BCUT2D eigenvalue weighted by molar-refractivity contribution is 0.694. The number of aliphatic imine (C=N–C) groups is 1. The molecule has 154 valence electrons. The van der Waals surface area contributed by atoms with Crippen LogP contribution in [0, 0.1) is 0 Å². The maximum Gasteiger partial charge on any atom is 0.191 e. The summed E-state index contributed by atoms with van der Waals surface area (Å²) in [5, 5.41) is 7.42. The van der Waals surface area contributed by atoms with Crippen LogP contribution in [0.3, 0.4) is 0 Å². The summed E-state index contributed by atoms with van der Waals surface area (Å²) >= 11 is 5.94. The number of guanidine groups is 1. The van der Waals surface area contributed by atoms with E-state index in [1.54, 1.807) is 0 Å². The van der Waals surface area contributed by atoms with Gasteiger partial charge in [0.25, 0.3) is 0 Å². The summed E-state index contributed by atoms with van der Waals surface area (Å²) < 4.78 is 2.19. The third-order valence-electron chi connectivity index (χ3n) is 4.32. The molecule has 7 heteroatoms. The number of imidazole rings is 1. The number of benzene rings is 2. The third kappa shape index (κ3) is 7.70. The fourth-order valence-corrected chi connectivity index (χ4v) is 3.01. The first kappa shape index (κ1) is 23.2. The number of nitrogens with zero attached hydrogens (tertiary/aromatic N) is 3. The molecule has 0 atom stereocenters. The Morgan fingerprint density at radius 2 is 1.79 bits per heavy atom. The van der Waals surface area contributed by atoms with Crippen molar-refractivity contribution in [1.29, 1.82) is 0 Å². The number of halogens is 2. The quantitative estimate of drug-likeness (QED) is 0.260. The van der Waals surface area contributed by atoms with Gasteiger partial charge in [-0.05, 0) is 30.2 Å². The molecule has 1 heterocycles. The molecule has 29 heavy (non-hydrogen) atoms. The molecule has 1 aromatic heterocycles. The molecule has 2 N–H and O–H groups in total. The first-order valence-corrected chi connectivity index (χ1v) is 9.93. The van der Waals surface area contributed by atoms with Crippen molar-refractivity contribution in [3.63, 3.8) is 0 Å². The second-order valence-electron chi connectivity index (χ2n) is 6.46. The van der Waals surface area contributed by atoms with Gasteiger partial charge in [-0.1, -0.05) is 54.1 Å². The molecule has 0 saturated carbocycles. The molecule has 3 aromatic rings. The van der Waals surface area contributed by atoms with Gasteiger partial charge in [0.1, 0.15) is 5.82 Å². The van der Waals surface area contributed by atoms with Crippen LogP contribution >= 0.6 is 35.6 Å². The lowest BCUT2D eigenvalue weighted by Gasteiger charge is -2.12. The predicted octanol–water partition coefficient (Wildman–Crippen LogP) is 4.50. The van der Waals surface area contributed by atoms with E-state index in [4.69, 9.17) is 11.6 Å². The van der Waals surface area contributed by atoms with Crippen LogP contribution in [0.2, 0.25) is 5.02 Å². The number of hydrogen-bond donors (Lipinski definition) is 2. The first-order chi connectivity index (χ1) is 13.7. The van der Waals surface area contributed by atoms with Crippen LogP contribution in [0.4, 0.5) is 0 Å². The van der Waals surface area contributed by atoms with Crippen LogP contribution in [-0.2, 0) is 19.5 Å². The topological polar surface area (TPSA) is 54.2 Å². The molecule has 0 spiro atoms. The Kier molecular flexibility index (Phi) is 10.0. The molecule has 0 unspecified atom stereocenters. The molecule has 0 saturated heterocycles. The van der Waals surface area contributed by atoms with E-state index < -0.39 is 0 Å². The normalized spacial score (nSPS) is 11.0. The number of hydrogen-bond acceptors (Lipinski definition) is 2. The third-order valence-corrected chi connectivity index (χ3v) is 4.57. The first-order valence-electron chi connectivity index (χ1n) is 9.55. The van der Waals surface area contributed by atoms with Crippen LogP contribution in [0.1, 0.15) is 23.9 Å². The van der Waals surface area contributed by atoms with E-state index in [9.17, 15) is 0 Å².